The SMILES string of the molecule is CCc1nn(C)c(CC(CCN(CC)CC)NN)c1Br. The van der Waals surface area contributed by atoms with Crippen molar-refractivity contribution in [2.75, 3.05) is 19.6 Å². The highest BCUT2D eigenvalue weighted by atomic mass is 79.9. The lowest BCUT2D eigenvalue weighted by Crippen LogP contribution is -2.40. The Kier molecular flexibility index (Phi) is 7.72. The highest BCUT2D eigenvalue weighted by molar-refractivity contribution is 9.10. The van der Waals surface area contributed by atoms with Gasteiger partial charge in [-0.15, -0.1) is 0 Å². The maximum absolute atomic E-state index is 5.72. The molecule has 0 aliphatic carbocycles. The van der Waals surface area contributed by atoms with Crippen molar-refractivity contribution < 1.29 is 0 Å². The maximum atomic E-state index is 5.72. The summed E-state index contributed by atoms with van der Waals surface area (Å²) < 4.78 is 3.09. The Labute approximate surface area is 131 Å². The van der Waals surface area contributed by atoms with E-state index in [-0.39, 0.29) is 6.04 Å². The molecule has 0 aliphatic heterocycles. The number of nitrogens with zero attached hydrogens (tertiary/aromatic N) is 3. The first-order valence-electron chi connectivity index (χ1n) is 7.45. The van der Waals surface area contributed by atoms with E-state index in [1.165, 1.54) is 5.69 Å². The van der Waals surface area contributed by atoms with Gasteiger partial charge >= 0.3 is 0 Å². The van der Waals surface area contributed by atoms with Crippen molar-refractivity contribution in [1.82, 2.24) is 20.1 Å². The van der Waals surface area contributed by atoms with Gasteiger partial charge < -0.3 is 4.90 Å². The van der Waals surface area contributed by atoms with Gasteiger partial charge in [0.05, 0.1) is 15.9 Å². The molecule has 116 valence electrons. The van der Waals surface area contributed by atoms with Crippen LogP contribution in [-0.2, 0) is 19.9 Å². The molecule has 0 bridgehead atoms. The van der Waals surface area contributed by atoms with Gasteiger partial charge in [-0.05, 0) is 48.4 Å². The standard InChI is InChI=1S/C14H28BrN5/c1-5-12-14(15)13(19(4)18-12)10-11(17-16)8-9-20(6-2)7-3/h11,17H,5-10,16H2,1-4H3. The third-order valence-electron chi connectivity index (χ3n) is 3.87. The van der Waals surface area contributed by atoms with Crippen LogP contribution in [0.4, 0.5) is 0 Å². The Morgan fingerprint density at radius 3 is 2.45 bits per heavy atom. The summed E-state index contributed by atoms with van der Waals surface area (Å²) in [5.74, 6) is 5.72. The van der Waals surface area contributed by atoms with Crippen LogP contribution in [-0.4, -0.2) is 40.4 Å². The lowest BCUT2D eigenvalue weighted by atomic mass is 10.1. The van der Waals surface area contributed by atoms with Gasteiger partial charge in [-0.25, -0.2) is 0 Å². The van der Waals surface area contributed by atoms with Crippen LogP contribution in [0.5, 0.6) is 0 Å². The number of rotatable bonds is 9. The van der Waals surface area contributed by atoms with Crippen molar-refractivity contribution in [3.8, 4) is 0 Å². The monoisotopic (exact) mass is 345 g/mol. The van der Waals surface area contributed by atoms with E-state index in [0.29, 0.717) is 0 Å². The van der Waals surface area contributed by atoms with Gasteiger partial charge in [-0.3, -0.25) is 16.0 Å². The summed E-state index contributed by atoms with van der Waals surface area (Å²) in [6.45, 7) is 9.75. The molecule has 20 heavy (non-hydrogen) atoms. The molecular weight excluding hydrogens is 318 g/mol. The molecule has 1 aromatic rings. The van der Waals surface area contributed by atoms with Gasteiger partial charge in [0, 0.05) is 19.5 Å². The average Bonchev–Trinajstić information content (AvgIpc) is 2.73. The lowest BCUT2D eigenvalue weighted by Gasteiger charge is -2.22. The third kappa shape index (κ3) is 4.55. The second-order valence-corrected chi connectivity index (χ2v) is 5.86. The largest absolute Gasteiger partial charge is 0.304 e. The average molecular weight is 346 g/mol. The zero-order valence-corrected chi connectivity index (χ0v) is 14.7. The van der Waals surface area contributed by atoms with Crippen LogP contribution in [0.3, 0.4) is 0 Å². The summed E-state index contributed by atoms with van der Waals surface area (Å²) in [6, 6.07) is 0.270. The minimum atomic E-state index is 0.270. The van der Waals surface area contributed by atoms with Gasteiger partial charge in [0.25, 0.3) is 0 Å². The number of aromatic nitrogens is 2. The molecule has 1 rings (SSSR count). The van der Waals surface area contributed by atoms with Crippen molar-refractivity contribution in [2.24, 2.45) is 12.9 Å². The van der Waals surface area contributed by atoms with Crippen molar-refractivity contribution in [1.29, 1.82) is 0 Å². The fourth-order valence-electron chi connectivity index (χ4n) is 2.40. The summed E-state index contributed by atoms with van der Waals surface area (Å²) in [6.07, 6.45) is 2.87. The van der Waals surface area contributed by atoms with E-state index in [4.69, 9.17) is 5.84 Å². The summed E-state index contributed by atoms with van der Waals surface area (Å²) in [5.41, 5.74) is 5.27. The van der Waals surface area contributed by atoms with E-state index in [2.05, 4.69) is 52.1 Å². The van der Waals surface area contributed by atoms with Crippen LogP contribution in [0, 0.1) is 0 Å². The van der Waals surface area contributed by atoms with E-state index in [1.807, 2.05) is 11.7 Å². The molecule has 0 amide bonds. The Balaban J connectivity index is 2.66. The lowest BCUT2D eigenvalue weighted by molar-refractivity contribution is 0.280. The predicted octanol–water partition coefficient (Wildman–Crippen LogP) is 1.85. The van der Waals surface area contributed by atoms with Crippen LogP contribution in [0.2, 0.25) is 0 Å². The Morgan fingerprint density at radius 2 is 2.00 bits per heavy atom. The fourth-order valence-corrected chi connectivity index (χ4v) is 3.18. The zero-order chi connectivity index (χ0) is 15.1. The molecular formula is C14H28BrN5. The first kappa shape index (κ1) is 17.6. The number of hydrazine groups is 1. The molecule has 0 radical (unpaired) electrons. The van der Waals surface area contributed by atoms with Gasteiger partial charge in [0.1, 0.15) is 0 Å². The molecule has 0 fully saturated rings. The van der Waals surface area contributed by atoms with Crippen LogP contribution in [0.25, 0.3) is 0 Å². The number of hydrogen-bond acceptors (Lipinski definition) is 4. The van der Waals surface area contributed by atoms with Gasteiger partial charge in [0.2, 0.25) is 0 Å². The molecule has 0 saturated carbocycles. The Morgan fingerprint density at radius 1 is 1.35 bits per heavy atom. The first-order valence-corrected chi connectivity index (χ1v) is 8.25. The number of halogens is 1. The fraction of sp³-hybridized carbons (Fsp3) is 0.786. The minimum absolute atomic E-state index is 0.270. The number of aryl methyl sites for hydroxylation is 2. The van der Waals surface area contributed by atoms with Gasteiger partial charge in [-0.2, -0.15) is 5.10 Å². The van der Waals surface area contributed by atoms with Crippen LogP contribution in [0.1, 0.15) is 38.6 Å². The molecule has 0 aliphatic rings. The van der Waals surface area contributed by atoms with Crippen LogP contribution < -0.4 is 11.3 Å². The van der Waals surface area contributed by atoms with Crippen molar-refractivity contribution in [3.05, 3.63) is 15.9 Å². The Bertz CT molecular complexity index is 401. The van der Waals surface area contributed by atoms with Gasteiger partial charge in [-0.1, -0.05) is 20.8 Å². The zero-order valence-electron chi connectivity index (χ0n) is 13.1. The van der Waals surface area contributed by atoms with E-state index < -0.39 is 0 Å². The Hall–Kier alpha value is -0.430. The van der Waals surface area contributed by atoms with Crippen molar-refractivity contribution in [2.45, 2.75) is 46.1 Å². The van der Waals surface area contributed by atoms with Crippen molar-refractivity contribution >= 4 is 15.9 Å². The first-order chi connectivity index (χ1) is 9.57. The molecule has 1 aromatic heterocycles. The summed E-state index contributed by atoms with van der Waals surface area (Å²) in [4.78, 5) is 2.42. The molecule has 3 N–H and O–H groups in total. The number of nitrogens with one attached hydrogen (secondary N) is 1. The van der Waals surface area contributed by atoms with Crippen molar-refractivity contribution in [3.63, 3.8) is 0 Å². The van der Waals surface area contributed by atoms with E-state index >= 15 is 0 Å². The highest BCUT2D eigenvalue weighted by Gasteiger charge is 2.17. The quantitative estimate of drug-likeness (QED) is 0.529. The highest BCUT2D eigenvalue weighted by Crippen LogP contribution is 2.23. The molecule has 1 atom stereocenters. The maximum Gasteiger partial charge on any atom is 0.0766 e. The molecule has 6 heteroatoms. The minimum Gasteiger partial charge on any atom is -0.304 e. The van der Waals surface area contributed by atoms with Crippen LogP contribution >= 0.6 is 15.9 Å². The predicted molar refractivity (Wildman–Crippen MR) is 87.5 cm³/mol. The van der Waals surface area contributed by atoms with E-state index in [0.717, 1.165) is 49.1 Å². The molecule has 0 saturated heterocycles. The smallest absolute Gasteiger partial charge is 0.0766 e. The molecule has 1 heterocycles. The summed E-state index contributed by atoms with van der Waals surface area (Å²) >= 11 is 3.66. The normalized spacial score (nSPS) is 13.2. The summed E-state index contributed by atoms with van der Waals surface area (Å²) in [5, 5.41) is 4.53. The molecule has 1 unspecified atom stereocenters. The second kappa shape index (κ2) is 8.77. The van der Waals surface area contributed by atoms with Gasteiger partial charge in [0.15, 0.2) is 0 Å². The molecule has 5 nitrogen and oxygen atoms in total. The third-order valence-corrected chi connectivity index (χ3v) is 4.78. The summed E-state index contributed by atoms with van der Waals surface area (Å²) in [7, 11) is 2.00. The van der Waals surface area contributed by atoms with E-state index in [1.54, 1.807) is 0 Å². The topological polar surface area (TPSA) is 59.1 Å². The molecule has 0 spiro atoms. The molecule has 0 aromatic carbocycles. The van der Waals surface area contributed by atoms with Crippen LogP contribution in [0.15, 0.2) is 4.47 Å². The number of nitrogens with two attached hydrogens (primary N) is 1. The second-order valence-electron chi connectivity index (χ2n) is 5.07. The van der Waals surface area contributed by atoms with E-state index in [9.17, 15) is 0 Å². The number of hydrogen-bond donors (Lipinski definition) is 2.